The van der Waals surface area contributed by atoms with Gasteiger partial charge >= 0.3 is 0 Å². The molecular weight excluding hydrogens is 218 g/mol. The van der Waals surface area contributed by atoms with Crippen LogP contribution in [0, 0.1) is 0 Å². The summed E-state index contributed by atoms with van der Waals surface area (Å²) in [5.74, 6) is 0. The van der Waals surface area contributed by atoms with Crippen LogP contribution in [-0.2, 0) is 4.74 Å². The van der Waals surface area contributed by atoms with Gasteiger partial charge in [0.1, 0.15) is 6.33 Å². The van der Waals surface area contributed by atoms with Gasteiger partial charge in [0.05, 0.1) is 12.6 Å². The number of hydrogen-bond donors (Lipinski definition) is 0. The van der Waals surface area contributed by atoms with E-state index in [2.05, 4.69) is 20.3 Å². The molecule has 6 nitrogen and oxygen atoms in total. The second-order valence-corrected chi connectivity index (χ2v) is 3.53. The smallest absolute Gasteiger partial charge is 0.183 e. The molecule has 0 saturated heterocycles. The van der Waals surface area contributed by atoms with Gasteiger partial charge in [0, 0.05) is 7.11 Å². The van der Waals surface area contributed by atoms with Crippen molar-refractivity contribution < 1.29 is 4.74 Å². The topological polar surface area (TPSA) is 65.7 Å². The lowest BCUT2D eigenvalue weighted by Crippen LogP contribution is -2.13. The Morgan fingerprint density at radius 1 is 1.53 bits per heavy atom. The Morgan fingerprint density at radius 2 is 2.33 bits per heavy atom. The molecule has 7 heteroatoms. The zero-order chi connectivity index (χ0) is 10.8. The summed E-state index contributed by atoms with van der Waals surface area (Å²) < 4.78 is 6.71. The second-order valence-electron chi connectivity index (χ2n) is 3.18. The van der Waals surface area contributed by atoms with E-state index in [1.807, 2.05) is 6.92 Å². The molecule has 1 unspecified atom stereocenters. The summed E-state index contributed by atoms with van der Waals surface area (Å²) in [5, 5.41) is 8.21. The van der Waals surface area contributed by atoms with Crippen molar-refractivity contribution in [1.82, 2.24) is 25.0 Å². The lowest BCUT2D eigenvalue weighted by molar-refractivity contribution is 0.157. The number of halogens is 1. The number of ether oxygens (including phenoxy) is 1. The van der Waals surface area contributed by atoms with E-state index in [0.717, 1.165) is 0 Å². The van der Waals surface area contributed by atoms with Gasteiger partial charge in [0.25, 0.3) is 0 Å². The van der Waals surface area contributed by atoms with E-state index in [1.54, 1.807) is 11.8 Å². The van der Waals surface area contributed by atoms with Gasteiger partial charge in [-0.1, -0.05) is 16.8 Å². The molecule has 80 valence electrons. The number of fused-ring (bicyclic) bond motifs is 1. The maximum Gasteiger partial charge on any atom is 0.183 e. The van der Waals surface area contributed by atoms with Gasteiger partial charge in [0.2, 0.25) is 0 Å². The Labute approximate surface area is 91.2 Å². The van der Waals surface area contributed by atoms with E-state index in [-0.39, 0.29) is 6.04 Å². The molecule has 0 saturated carbocycles. The predicted molar refractivity (Wildman–Crippen MR) is 54.7 cm³/mol. The summed E-state index contributed by atoms with van der Waals surface area (Å²) in [6.45, 7) is 2.51. The van der Waals surface area contributed by atoms with E-state index in [1.165, 1.54) is 6.33 Å². The van der Waals surface area contributed by atoms with Crippen LogP contribution in [0.4, 0.5) is 0 Å². The van der Waals surface area contributed by atoms with Crippen molar-refractivity contribution in [2.75, 3.05) is 13.7 Å². The quantitative estimate of drug-likeness (QED) is 0.735. The molecule has 2 aromatic rings. The van der Waals surface area contributed by atoms with E-state index in [4.69, 9.17) is 16.3 Å². The van der Waals surface area contributed by atoms with Crippen LogP contribution in [0.5, 0.6) is 0 Å². The highest BCUT2D eigenvalue weighted by Crippen LogP contribution is 2.18. The minimum absolute atomic E-state index is 0.0611. The van der Waals surface area contributed by atoms with Crippen LogP contribution in [-0.4, -0.2) is 38.7 Å². The molecule has 2 aromatic heterocycles. The SMILES string of the molecule is COCC(C)n1nnc2c(Cl)ncnc21. The molecule has 0 spiro atoms. The average Bonchev–Trinajstić information content (AvgIpc) is 2.63. The monoisotopic (exact) mass is 227 g/mol. The highest BCUT2D eigenvalue weighted by Gasteiger charge is 2.14. The minimum atomic E-state index is 0.0611. The van der Waals surface area contributed by atoms with E-state index < -0.39 is 0 Å². The maximum atomic E-state index is 5.85. The Hall–Kier alpha value is -1.27. The molecule has 0 bridgehead atoms. The number of methoxy groups -OCH3 is 1. The van der Waals surface area contributed by atoms with Crippen LogP contribution in [0.2, 0.25) is 5.15 Å². The van der Waals surface area contributed by atoms with Crippen molar-refractivity contribution in [1.29, 1.82) is 0 Å². The van der Waals surface area contributed by atoms with E-state index in [9.17, 15) is 0 Å². The molecule has 0 amide bonds. The summed E-state index contributed by atoms with van der Waals surface area (Å²) in [5.41, 5.74) is 1.14. The number of rotatable bonds is 3. The summed E-state index contributed by atoms with van der Waals surface area (Å²) >= 11 is 5.85. The Bertz CT molecular complexity index is 471. The van der Waals surface area contributed by atoms with Gasteiger partial charge in [-0.2, -0.15) is 0 Å². The Kier molecular flexibility index (Phi) is 2.79. The lowest BCUT2D eigenvalue weighted by Gasteiger charge is -2.09. The summed E-state index contributed by atoms with van der Waals surface area (Å²) in [6, 6.07) is 0.0611. The van der Waals surface area contributed by atoms with Crippen LogP contribution in [0.3, 0.4) is 0 Å². The van der Waals surface area contributed by atoms with Gasteiger partial charge < -0.3 is 4.74 Å². The first kappa shape index (κ1) is 10.3. The molecule has 1 atom stereocenters. The zero-order valence-electron chi connectivity index (χ0n) is 8.38. The average molecular weight is 228 g/mol. The van der Waals surface area contributed by atoms with Crippen LogP contribution >= 0.6 is 11.6 Å². The number of nitrogens with zero attached hydrogens (tertiary/aromatic N) is 5. The van der Waals surface area contributed by atoms with Crippen LogP contribution < -0.4 is 0 Å². The third kappa shape index (κ3) is 1.78. The van der Waals surface area contributed by atoms with Crippen molar-refractivity contribution in [2.45, 2.75) is 13.0 Å². The van der Waals surface area contributed by atoms with Gasteiger partial charge in [-0.15, -0.1) is 5.10 Å². The number of aromatic nitrogens is 5. The molecule has 0 aromatic carbocycles. The highest BCUT2D eigenvalue weighted by atomic mass is 35.5. The third-order valence-corrected chi connectivity index (χ3v) is 2.32. The first-order valence-corrected chi connectivity index (χ1v) is 4.82. The van der Waals surface area contributed by atoms with Crippen LogP contribution in [0.15, 0.2) is 6.33 Å². The standard InChI is InChI=1S/C8H10ClN5O/c1-5(3-15-2)14-8-6(12-13-14)7(9)10-4-11-8/h4-5H,3H2,1-2H3. The molecule has 0 aliphatic heterocycles. The van der Waals surface area contributed by atoms with Crippen LogP contribution in [0.25, 0.3) is 11.2 Å². The molecule has 15 heavy (non-hydrogen) atoms. The minimum Gasteiger partial charge on any atom is -0.382 e. The third-order valence-electron chi connectivity index (χ3n) is 2.04. The largest absolute Gasteiger partial charge is 0.382 e. The molecule has 2 heterocycles. The molecular formula is C8H10ClN5O. The van der Waals surface area contributed by atoms with Gasteiger partial charge in [0.15, 0.2) is 16.3 Å². The number of hydrogen-bond acceptors (Lipinski definition) is 5. The summed E-state index contributed by atoms with van der Waals surface area (Å²) in [4.78, 5) is 7.93. The van der Waals surface area contributed by atoms with Crippen molar-refractivity contribution >= 4 is 22.8 Å². The zero-order valence-corrected chi connectivity index (χ0v) is 9.14. The first-order chi connectivity index (χ1) is 7.24. The fourth-order valence-corrected chi connectivity index (χ4v) is 1.51. The van der Waals surface area contributed by atoms with Gasteiger partial charge in [-0.25, -0.2) is 14.6 Å². The van der Waals surface area contributed by atoms with Gasteiger partial charge in [-0.3, -0.25) is 0 Å². The molecule has 0 radical (unpaired) electrons. The second kappa shape index (κ2) is 4.08. The fraction of sp³-hybridized carbons (Fsp3) is 0.500. The fourth-order valence-electron chi connectivity index (χ4n) is 1.35. The molecule has 0 N–H and O–H groups in total. The predicted octanol–water partition coefficient (Wildman–Crippen LogP) is 1.08. The van der Waals surface area contributed by atoms with Crippen molar-refractivity contribution in [3.63, 3.8) is 0 Å². The summed E-state index contributed by atoms with van der Waals surface area (Å²) in [6.07, 6.45) is 1.39. The highest BCUT2D eigenvalue weighted by molar-refractivity contribution is 6.33. The van der Waals surface area contributed by atoms with Crippen molar-refractivity contribution in [3.05, 3.63) is 11.5 Å². The Morgan fingerprint density at radius 3 is 3.07 bits per heavy atom. The van der Waals surface area contributed by atoms with E-state index >= 15 is 0 Å². The first-order valence-electron chi connectivity index (χ1n) is 4.44. The Balaban J connectivity index is 2.49. The molecule has 0 aliphatic carbocycles. The molecule has 0 fully saturated rings. The summed E-state index contributed by atoms with van der Waals surface area (Å²) in [7, 11) is 1.64. The van der Waals surface area contributed by atoms with Gasteiger partial charge in [-0.05, 0) is 6.92 Å². The van der Waals surface area contributed by atoms with Crippen molar-refractivity contribution in [3.8, 4) is 0 Å². The molecule has 2 rings (SSSR count). The normalized spacial score (nSPS) is 13.3. The maximum absolute atomic E-state index is 5.85. The molecule has 0 aliphatic rings. The lowest BCUT2D eigenvalue weighted by atomic mass is 10.4. The van der Waals surface area contributed by atoms with E-state index in [0.29, 0.717) is 22.9 Å². The van der Waals surface area contributed by atoms with Crippen molar-refractivity contribution in [2.24, 2.45) is 0 Å². The van der Waals surface area contributed by atoms with Crippen LogP contribution in [0.1, 0.15) is 13.0 Å².